The quantitative estimate of drug-likeness (QED) is 0.626. The van der Waals surface area contributed by atoms with Crippen LogP contribution in [-0.2, 0) is 0 Å². The number of halogens is 3. The van der Waals surface area contributed by atoms with Crippen molar-refractivity contribution in [1.82, 2.24) is 0 Å². The summed E-state index contributed by atoms with van der Waals surface area (Å²) in [5, 5.41) is 0. The van der Waals surface area contributed by atoms with Crippen molar-refractivity contribution < 1.29 is 8.44 Å². The Morgan fingerprint density at radius 3 is 0.800 bits per heavy atom. The van der Waals surface area contributed by atoms with Gasteiger partial charge in [-0.25, -0.2) is 0 Å². The molecular weight excluding hydrogens is 251 g/mol. The topological polar surface area (TPSA) is 0 Å². The molecule has 0 atom stereocenters. The van der Waals surface area contributed by atoms with Crippen LogP contribution in [0.15, 0.2) is 36.4 Å². The van der Waals surface area contributed by atoms with Crippen LogP contribution in [0.2, 0.25) is 0 Å². The third-order valence-electron chi connectivity index (χ3n) is 0.667. The molecule has 4 heteroatoms. The average Bonchev–Trinajstić information content (AvgIpc) is 1.90. The van der Waals surface area contributed by atoms with Crippen LogP contribution in [0.1, 0.15) is 0 Å². The third-order valence-corrected chi connectivity index (χ3v) is 0.667. The molecule has 0 unspecified atom stereocenters. The Hall–Kier alpha value is -0.172. The van der Waals surface area contributed by atoms with E-state index in [1.165, 1.54) is 0 Å². The van der Waals surface area contributed by atoms with E-state index in [-0.39, 0.29) is 0 Å². The molecule has 0 bridgehead atoms. The van der Waals surface area contributed by atoms with Gasteiger partial charge in [-0.15, -0.1) is 0 Å². The van der Waals surface area contributed by atoms with Crippen LogP contribution in [0.25, 0.3) is 0 Å². The molecule has 56 valence electrons. The number of hydrogen-bond donors (Lipinski definition) is 0. The summed E-state index contributed by atoms with van der Waals surface area (Å²) in [7, 11) is 0. The summed E-state index contributed by atoms with van der Waals surface area (Å²) in [6.07, 6.45) is 0. The maximum absolute atomic E-state index is 9.85. The van der Waals surface area contributed by atoms with Gasteiger partial charge in [-0.3, -0.25) is 0 Å². The summed E-state index contributed by atoms with van der Waals surface area (Å²) in [4.78, 5) is 0. The maximum Gasteiger partial charge on any atom is -0.0623 e. The van der Waals surface area contributed by atoms with Crippen molar-refractivity contribution in [3.8, 4) is 0 Å². The van der Waals surface area contributed by atoms with Crippen molar-refractivity contribution in [2.45, 2.75) is 0 Å². The predicted octanol–water partition coefficient (Wildman–Crippen LogP) is 2.57. The zero-order valence-electron chi connectivity index (χ0n) is 5.05. The van der Waals surface area contributed by atoms with Gasteiger partial charge < -0.3 is 0 Å². The second kappa shape index (κ2) is 6.94. The average molecular weight is 257 g/mol. The summed E-state index contributed by atoms with van der Waals surface area (Å²) >= 11 is -4.95. The monoisotopic (exact) mass is 256 g/mol. The molecule has 0 amide bonds. The number of rotatable bonds is 0. The Bertz CT molecular complexity index is 113. The summed E-state index contributed by atoms with van der Waals surface area (Å²) in [5.74, 6) is 0. The van der Waals surface area contributed by atoms with Gasteiger partial charge in [0.05, 0.1) is 0 Å². The molecule has 1 aromatic carbocycles. The molecule has 0 aliphatic rings. The van der Waals surface area contributed by atoms with Gasteiger partial charge in [0, 0.05) is 0 Å². The van der Waals surface area contributed by atoms with Crippen LogP contribution in [-0.4, -0.2) is 22.0 Å². The van der Waals surface area contributed by atoms with Crippen LogP contribution in [0.5, 0.6) is 0 Å². The largest absolute Gasteiger partial charge is 0.0623 e. The Morgan fingerprint density at radius 2 is 0.700 bits per heavy atom. The predicted molar refractivity (Wildman–Crippen MR) is 35.5 cm³/mol. The van der Waals surface area contributed by atoms with E-state index < -0.39 is 22.0 Å². The first-order valence-electron chi connectivity index (χ1n) is 2.51. The summed E-state index contributed by atoms with van der Waals surface area (Å²) < 4.78 is 29.6. The minimum atomic E-state index is -4.95. The molecule has 0 aliphatic carbocycles. The van der Waals surface area contributed by atoms with E-state index >= 15 is 0 Å². The van der Waals surface area contributed by atoms with Gasteiger partial charge in [0.2, 0.25) is 0 Å². The molecule has 0 spiro atoms. The van der Waals surface area contributed by atoms with E-state index in [1.807, 2.05) is 36.4 Å². The molecule has 0 saturated heterocycles. The van der Waals surface area contributed by atoms with E-state index in [4.69, 9.17) is 0 Å². The minimum Gasteiger partial charge on any atom is -0.0623 e. The normalized spacial score (nSPS) is 8.40. The molecule has 0 aromatic heterocycles. The number of benzene rings is 1. The summed E-state index contributed by atoms with van der Waals surface area (Å²) in [5.41, 5.74) is 0. The van der Waals surface area contributed by atoms with Gasteiger partial charge in [-0.1, -0.05) is 36.4 Å². The summed E-state index contributed by atoms with van der Waals surface area (Å²) in [6, 6.07) is 12.0. The zero-order chi connectivity index (χ0) is 7.82. The first-order chi connectivity index (χ1) is 4.73. The minimum absolute atomic E-state index is 2.00. The van der Waals surface area contributed by atoms with Crippen LogP contribution >= 0.6 is 0 Å². The van der Waals surface area contributed by atoms with Crippen LogP contribution in [0.4, 0.5) is 8.44 Å². The van der Waals surface area contributed by atoms with Crippen molar-refractivity contribution >= 4 is 22.0 Å². The first-order valence-corrected chi connectivity index (χ1v) is 5.40. The Kier molecular flexibility index (Phi) is 6.82. The van der Waals surface area contributed by atoms with Crippen molar-refractivity contribution in [3.05, 3.63) is 36.4 Å². The third kappa shape index (κ3) is 10.7. The fourth-order valence-electron chi connectivity index (χ4n) is 0.385. The molecule has 0 fully saturated rings. The van der Waals surface area contributed by atoms with E-state index in [9.17, 15) is 8.44 Å². The molecule has 0 aliphatic heterocycles. The molecule has 0 saturated carbocycles. The van der Waals surface area contributed by atoms with Crippen molar-refractivity contribution in [2.75, 3.05) is 0 Å². The second-order valence-corrected chi connectivity index (χ2v) is 2.44. The van der Waals surface area contributed by atoms with E-state index in [0.29, 0.717) is 0 Å². The Morgan fingerprint density at radius 1 is 0.600 bits per heavy atom. The molecule has 1 aromatic rings. The van der Waals surface area contributed by atoms with Gasteiger partial charge in [-0.2, -0.15) is 0 Å². The Labute approximate surface area is 67.0 Å². The van der Waals surface area contributed by atoms with Gasteiger partial charge in [0.1, 0.15) is 0 Å². The zero-order valence-corrected chi connectivity index (χ0v) is 7.60. The molecule has 0 radical (unpaired) electrons. The van der Waals surface area contributed by atoms with Gasteiger partial charge >= 0.3 is 30.4 Å². The molecule has 0 N–H and O–H groups in total. The first kappa shape index (κ1) is 9.83. The fraction of sp³-hybridized carbons (Fsp3) is 0. The van der Waals surface area contributed by atoms with E-state index in [1.54, 1.807) is 0 Å². The maximum atomic E-state index is 9.85. The van der Waals surface area contributed by atoms with E-state index in [0.717, 1.165) is 0 Å². The molecule has 0 heterocycles. The standard InChI is InChI=1S/C6H6.3FH.Sb/c1-2-4-6-5-3-1;;;;/h1-6H;3*1H;/q;;;;+3/p-3. The van der Waals surface area contributed by atoms with Crippen LogP contribution in [0.3, 0.4) is 0 Å². The molecular formula is C6H6F3Sb. The SMILES string of the molecule is [F][Sb]([F])[F].c1ccccc1. The van der Waals surface area contributed by atoms with Gasteiger partial charge in [0.25, 0.3) is 0 Å². The van der Waals surface area contributed by atoms with Crippen LogP contribution < -0.4 is 0 Å². The smallest absolute Gasteiger partial charge is 0.0623 e. The van der Waals surface area contributed by atoms with E-state index in [2.05, 4.69) is 0 Å². The number of hydrogen-bond acceptors (Lipinski definition) is 0. The van der Waals surface area contributed by atoms with Gasteiger partial charge in [0.15, 0.2) is 0 Å². The van der Waals surface area contributed by atoms with Gasteiger partial charge in [-0.05, 0) is 0 Å². The molecule has 0 nitrogen and oxygen atoms in total. The molecule has 1 rings (SSSR count). The fourth-order valence-corrected chi connectivity index (χ4v) is 0.385. The molecule has 10 heavy (non-hydrogen) atoms. The Balaban J connectivity index is 0.000000180. The van der Waals surface area contributed by atoms with Crippen molar-refractivity contribution in [2.24, 2.45) is 0 Å². The van der Waals surface area contributed by atoms with Crippen molar-refractivity contribution in [1.29, 1.82) is 0 Å². The summed E-state index contributed by atoms with van der Waals surface area (Å²) in [6.45, 7) is 0. The van der Waals surface area contributed by atoms with Crippen molar-refractivity contribution in [3.63, 3.8) is 0 Å². The second-order valence-electron chi connectivity index (χ2n) is 1.35. The van der Waals surface area contributed by atoms with Crippen LogP contribution in [0, 0.1) is 0 Å².